The van der Waals surface area contributed by atoms with Crippen LogP contribution in [0.3, 0.4) is 0 Å². The molecule has 0 aliphatic heterocycles. The largest absolute Gasteiger partial charge is 0.466 e. The summed E-state index contributed by atoms with van der Waals surface area (Å²) in [5.41, 5.74) is 0. The standard InChI is InChI=1S/C73H139NO5/c1-3-5-7-9-11-13-15-17-19-35-38-41-45-49-53-57-61-65-71(76)70(69-75)74-72(77)66-62-58-54-50-46-42-39-36-33-31-29-27-25-23-21-20-22-24-26-28-30-32-34-37-40-44-48-52-56-60-64-68-79-73(78)67-63-59-55-51-47-43-18-16-14-12-10-8-6-4-2/h22,24,28,30,61,65,70-71,75-76H,3-21,23,25-27,29,31-60,62-64,66-69H2,1-2H3,(H,74,77)/b24-22-,30-28-,65-61+. The molecular formula is C73H139NO5. The molecule has 0 heterocycles. The van der Waals surface area contributed by atoms with E-state index < -0.39 is 12.1 Å². The first kappa shape index (κ1) is 77.1. The zero-order chi connectivity index (χ0) is 57.1. The quantitative estimate of drug-likeness (QED) is 0.0320. The number of nitrogens with one attached hydrogen (secondary N) is 1. The number of unbranched alkanes of at least 4 members (excludes halogenated alkanes) is 52. The van der Waals surface area contributed by atoms with Crippen molar-refractivity contribution in [3.8, 4) is 0 Å². The topological polar surface area (TPSA) is 95.9 Å². The lowest BCUT2D eigenvalue weighted by atomic mass is 10.0. The van der Waals surface area contributed by atoms with Crippen molar-refractivity contribution in [3.05, 3.63) is 36.5 Å². The molecule has 0 aliphatic carbocycles. The summed E-state index contributed by atoms with van der Waals surface area (Å²) in [7, 11) is 0. The molecule has 0 aromatic heterocycles. The van der Waals surface area contributed by atoms with Gasteiger partial charge in [-0.15, -0.1) is 0 Å². The molecule has 0 bridgehead atoms. The number of carbonyl (C=O) groups is 2. The van der Waals surface area contributed by atoms with Crippen LogP contribution in [0.25, 0.3) is 0 Å². The highest BCUT2D eigenvalue weighted by molar-refractivity contribution is 5.76. The van der Waals surface area contributed by atoms with Crippen LogP contribution in [-0.4, -0.2) is 47.4 Å². The van der Waals surface area contributed by atoms with E-state index in [4.69, 9.17) is 4.74 Å². The van der Waals surface area contributed by atoms with Gasteiger partial charge in [-0.1, -0.05) is 352 Å². The molecule has 0 aromatic rings. The summed E-state index contributed by atoms with van der Waals surface area (Å²) in [6, 6.07) is -0.628. The number of hydrogen-bond donors (Lipinski definition) is 3. The summed E-state index contributed by atoms with van der Waals surface area (Å²) in [6.07, 6.45) is 88.0. The average molecular weight is 1110 g/mol. The van der Waals surface area contributed by atoms with Crippen molar-refractivity contribution in [2.45, 2.75) is 405 Å². The maximum absolute atomic E-state index is 12.5. The predicted molar refractivity (Wildman–Crippen MR) is 347 cm³/mol. The van der Waals surface area contributed by atoms with Gasteiger partial charge in [-0.25, -0.2) is 0 Å². The van der Waals surface area contributed by atoms with E-state index >= 15 is 0 Å². The minimum atomic E-state index is -0.844. The number of hydrogen-bond acceptors (Lipinski definition) is 5. The second kappa shape index (κ2) is 68.6. The number of aliphatic hydroxyl groups is 2. The van der Waals surface area contributed by atoms with Gasteiger partial charge in [0, 0.05) is 12.8 Å². The van der Waals surface area contributed by atoms with Gasteiger partial charge in [-0.05, 0) is 64.2 Å². The molecule has 3 N–H and O–H groups in total. The maximum Gasteiger partial charge on any atom is 0.305 e. The molecule has 0 aromatic carbocycles. The zero-order valence-electron chi connectivity index (χ0n) is 53.4. The Morgan fingerprint density at radius 2 is 0.633 bits per heavy atom. The lowest BCUT2D eigenvalue weighted by Crippen LogP contribution is -2.45. The number of amides is 1. The molecule has 0 spiro atoms. The van der Waals surface area contributed by atoms with Gasteiger partial charge in [0.15, 0.2) is 0 Å². The fourth-order valence-corrected chi connectivity index (χ4v) is 11.2. The number of ether oxygens (including phenoxy) is 1. The first-order chi connectivity index (χ1) is 39.0. The lowest BCUT2D eigenvalue weighted by molar-refractivity contribution is -0.143. The van der Waals surface area contributed by atoms with Gasteiger partial charge in [0.1, 0.15) is 0 Å². The molecule has 0 fully saturated rings. The van der Waals surface area contributed by atoms with Crippen molar-refractivity contribution < 1.29 is 24.5 Å². The molecule has 2 unspecified atom stereocenters. The van der Waals surface area contributed by atoms with E-state index in [0.717, 1.165) is 44.9 Å². The van der Waals surface area contributed by atoms with Crippen molar-refractivity contribution in [3.63, 3.8) is 0 Å². The van der Waals surface area contributed by atoms with Crippen molar-refractivity contribution in [2.24, 2.45) is 0 Å². The second-order valence-electron chi connectivity index (χ2n) is 24.6. The van der Waals surface area contributed by atoms with Crippen molar-refractivity contribution in [1.29, 1.82) is 0 Å². The lowest BCUT2D eigenvalue weighted by Gasteiger charge is -2.20. The van der Waals surface area contributed by atoms with Crippen LogP contribution < -0.4 is 5.32 Å². The highest BCUT2D eigenvalue weighted by Gasteiger charge is 2.18. The highest BCUT2D eigenvalue weighted by atomic mass is 16.5. The predicted octanol–water partition coefficient (Wildman–Crippen LogP) is 23.1. The third-order valence-electron chi connectivity index (χ3n) is 16.7. The van der Waals surface area contributed by atoms with Gasteiger partial charge in [0.05, 0.1) is 25.4 Å². The average Bonchev–Trinajstić information content (AvgIpc) is 3.45. The van der Waals surface area contributed by atoms with E-state index in [0.29, 0.717) is 19.4 Å². The van der Waals surface area contributed by atoms with Crippen LogP contribution in [0.5, 0.6) is 0 Å². The fraction of sp³-hybridized carbons (Fsp3) is 0.890. The second-order valence-corrected chi connectivity index (χ2v) is 24.6. The van der Waals surface area contributed by atoms with E-state index in [2.05, 4.69) is 43.5 Å². The van der Waals surface area contributed by atoms with Gasteiger partial charge in [0.25, 0.3) is 0 Å². The first-order valence-electron chi connectivity index (χ1n) is 35.8. The minimum Gasteiger partial charge on any atom is -0.466 e. The van der Waals surface area contributed by atoms with Crippen molar-refractivity contribution >= 4 is 11.9 Å². The van der Waals surface area contributed by atoms with Gasteiger partial charge in [0.2, 0.25) is 5.91 Å². The summed E-state index contributed by atoms with van der Waals surface area (Å²) in [5.74, 6) is -0.0490. The molecule has 2 atom stereocenters. The van der Waals surface area contributed by atoms with Crippen LogP contribution >= 0.6 is 0 Å². The van der Waals surface area contributed by atoms with E-state index in [-0.39, 0.29) is 18.5 Å². The van der Waals surface area contributed by atoms with Gasteiger partial charge < -0.3 is 20.3 Å². The zero-order valence-corrected chi connectivity index (χ0v) is 53.4. The molecule has 1 amide bonds. The Morgan fingerprint density at radius 1 is 0.354 bits per heavy atom. The number of carbonyl (C=O) groups excluding carboxylic acids is 2. The summed E-state index contributed by atoms with van der Waals surface area (Å²) >= 11 is 0. The summed E-state index contributed by atoms with van der Waals surface area (Å²) in [5, 5.41) is 23.2. The Hall–Kier alpha value is -1.92. The third kappa shape index (κ3) is 65.1. The van der Waals surface area contributed by atoms with E-state index in [9.17, 15) is 19.8 Å². The van der Waals surface area contributed by atoms with Gasteiger partial charge in [-0.2, -0.15) is 0 Å². The maximum atomic E-state index is 12.5. The minimum absolute atomic E-state index is 0.0156. The van der Waals surface area contributed by atoms with Crippen LogP contribution in [0.15, 0.2) is 36.5 Å². The molecule has 0 saturated heterocycles. The Labute approximate surface area is 494 Å². The Bertz CT molecular complexity index is 1280. The normalized spacial score (nSPS) is 12.7. The van der Waals surface area contributed by atoms with Crippen LogP contribution in [0.1, 0.15) is 393 Å². The van der Waals surface area contributed by atoms with Crippen LogP contribution in [0.4, 0.5) is 0 Å². The van der Waals surface area contributed by atoms with Gasteiger partial charge in [-0.3, -0.25) is 9.59 Å². The molecule has 0 rings (SSSR count). The fourth-order valence-electron chi connectivity index (χ4n) is 11.2. The van der Waals surface area contributed by atoms with Crippen LogP contribution in [0.2, 0.25) is 0 Å². The van der Waals surface area contributed by atoms with E-state index in [1.165, 1.54) is 321 Å². The Balaban J connectivity index is 3.40. The molecule has 79 heavy (non-hydrogen) atoms. The van der Waals surface area contributed by atoms with Crippen molar-refractivity contribution in [2.75, 3.05) is 13.2 Å². The first-order valence-corrected chi connectivity index (χ1v) is 35.8. The third-order valence-corrected chi connectivity index (χ3v) is 16.7. The van der Waals surface area contributed by atoms with Crippen LogP contribution in [0, 0.1) is 0 Å². The number of esters is 1. The Morgan fingerprint density at radius 3 is 0.962 bits per heavy atom. The molecule has 0 aliphatic rings. The summed E-state index contributed by atoms with van der Waals surface area (Å²) in [6.45, 7) is 4.94. The SMILES string of the molecule is CCCCCCCCCCCCCCCCC/C=C/C(O)C(CO)NC(=O)CCCCCCCCCCCCCCCCC/C=C\C/C=C\CCCCCCCCCCCOC(=O)CCCCCCCCCCCCCCCC. The molecule has 0 saturated carbocycles. The van der Waals surface area contributed by atoms with E-state index in [1.54, 1.807) is 6.08 Å². The summed E-state index contributed by atoms with van der Waals surface area (Å²) < 4.78 is 5.49. The highest BCUT2D eigenvalue weighted by Crippen LogP contribution is 2.18. The molecule has 0 radical (unpaired) electrons. The molecular weight excluding hydrogens is 971 g/mol. The Kier molecular flexibility index (Phi) is 66.9. The van der Waals surface area contributed by atoms with Gasteiger partial charge >= 0.3 is 5.97 Å². The van der Waals surface area contributed by atoms with Crippen LogP contribution in [-0.2, 0) is 14.3 Å². The number of allylic oxidation sites excluding steroid dienone is 5. The molecule has 466 valence electrons. The molecule has 6 nitrogen and oxygen atoms in total. The summed E-state index contributed by atoms with van der Waals surface area (Å²) in [4.78, 5) is 24.6. The van der Waals surface area contributed by atoms with Crippen molar-refractivity contribution in [1.82, 2.24) is 5.32 Å². The molecule has 6 heteroatoms. The number of aliphatic hydroxyl groups excluding tert-OH is 2. The smallest absolute Gasteiger partial charge is 0.305 e. The number of rotatable bonds is 67. The van der Waals surface area contributed by atoms with E-state index in [1.807, 2.05) is 6.08 Å². The monoisotopic (exact) mass is 1110 g/mol.